The maximum Gasteiger partial charge on any atom is 0.338 e. The number of nitrogens with zero attached hydrogens (tertiary/aromatic N) is 4. The first-order chi connectivity index (χ1) is 16.0. The van der Waals surface area contributed by atoms with Crippen LogP contribution in [0.4, 0.5) is 4.39 Å². The lowest BCUT2D eigenvalue weighted by molar-refractivity contribution is -0.136. The molecule has 9 heteroatoms. The van der Waals surface area contributed by atoms with Crippen molar-refractivity contribution >= 4 is 28.8 Å². The molecule has 0 N–H and O–H groups in total. The number of esters is 1. The molecule has 176 valence electrons. The van der Waals surface area contributed by atoms with Gasteiger partial charge in [0, 0.05) is 37.4 Å². The summed E-state index contributed by atoms with van der Waals surface area (Å²) in [6, 6.07) is 5.67. The van der Waals surface area contributed by atoms with Gasteiger partial charge in [0.05, 0.1) is 30.8 Å². The monoisotopic (exact) mass is 472 g/mol. The number of fused-ring (bicyclic) bond motifs is 1. The number of benzene rings is 1. The van der Waals surface area contributed by atoms with Gasteiger partial charge in [-0.3, -0.25) is 4.79 Å². The largest absolute Gasteiger partial charge is 0.466 e. The van der Waals surface area contributed by atoms with Gasteiger partial charge in [-0.1, -0.05) is 43.8 Å². The molecule has 1 amide bonds. The second-order valence-electron chi connectivity index (χ2n) is 8.11. The summed E-state index contributed by atoms with van der Waals surface area (Å²) in [5, 5.41) is 2.53. The molecule has 7 nitrogen and oxygen atoms in total. The Morgan fingerprint density at radius 2 is 1.91 bits per heavy atom. The van der Waals surface area contributed by atoms with Crippen LogP contribution in [0.3, 0.4) is 0 Å². The van der Waals surface area contributed by atoms with E-state index < -0.39 is 17.8 Å². The normalized spacial score (nSPS) is 21.0. The highest BCUT2D eigenvalue weighted by atomic mass is 32.2. The summed E-state index contributed by atoms with van der Waals surface area (Å²) >= 11 is 1.40. The Labute approximate surface area is 198 Å². The van der Waals surface area contributed by atoms with Gasteiger partial charge in [-0.2, -0.15) is 0 Å². The van der Waals surface area contributed by atoms with Crippen LogP contribution >= 0.6 is 11.8 Å². The number of carbonyl (C=O) groups excluding carboxylic acids is 2. The highest BCUT2D eigenvalue weighted by Gasteiger charge is 2.42. The Morgan fingerprint density at radius 1 is 1.18 bits per heavy atom. The van der Waals surface area contributed by atoms with E-state index in [1.165, 1.54) is 24.9 Å². The molecule has 0 spiro atoms. The Bertz CT molecular complexity index is 1030. The average Bonchev–Trinajstić information content (AvgIpc) is 3.25. The maximum atomic E-state index is 15.0. The van der Waals surface area contributed by atoms with Gasteiger partial charge in [-0.25, -0.2) is 14.2 Å². The van der Waals surface area contributed by atoms with Gasteiger partial charge in [0.15, 0.2) is 5.17 Å². The fourth-order valence-electron chi connectivity index (χ4n) is 4.48. The molecule has 4 rings (SSSR count). The number of piperazine rings is 1. The van der Waals surface area contributed by atoms with Gasteiger partial charge < -0.3 is 19.4 Å². The lowest BCUT2D eigenvalue weighted by Gasteiger charge is -2.38. The van der Waals surface area contributed by atoms with Gasteiger partial charge in [-0.15, -0.1) is 0 Å². The molecule has 0 radical (unpaired) electrons. The second-order valence-corrected chi connectivity index (χ2v) is 8.95. The number of ether oxygens (including phenoxy) is 1. The summed E-state index contributed by atoms with van der Waals surface area (Å²) in [5.74, 6) is -0.934. The number of allylic oxidation sites excluding steroid dienone is 1. The van der Waals surface area contributed by atoms with Gasteiger partial charge in [-0.05, 0) is 24.4 Å². The van der Waals surface area contributed by atoms with Crippen molar-refractivity contribution in [2.45, 2.75) is 32.7 Å². The minimum atomic E-state index is -0.743. The third-order valence-corrected chi connectivity index (χ3v) is 7.22. The Hall–Kier alpha value is -2.65. The molecule has 3 heterocycles. The number of halogens is 1. The van der Waals surface area contributed by atoms with Crippen molar-refractivity contribution < 1.29 is 18.7 Å². The van der Waals surface area contributed by atoms with Crippen LogP contribution in [-0.2, 0) is 14.3 Å². The van der Waals surface area contributed by atoms with E-state index in [1.54, 1.807) is 18.2 Å². The highest BCUT2D eigenvalue weighted by Crippen LogP contribution is 2.46. The van der Waals surface area contributed by atoms with Crippen LogP contribution in [0.2, 0.25) is 0 Å². The van der Waals surface area contributed by atoms with Crippen LogP contribution in [0.5, 0.6) is 0 Å². The molecule has 1 atom stereocenters. The first-order valence-corrected chi connectivity index (χ1v) is 12.2. The van der Waals surface area contributed by atoms with E-state index in [1.807, 2.05) is 22.1 Å². The zero-order valence-electron chi connectivity index (χ0n) is 19.2. The number of hydrogen-bond acceptors (Lipinski definition) is 7. The van der Waals surface area contributed by atoms with Gasteiger partial charge in [0.1, 0.15) is 5.82 Å². The third kappa shape index (κ3) is 4.56. The lowest BCUT2D eigenvalue weighted by atomic mass is 9.92. The number of carbonyl (C=O) groups is 2. The first kappa shape index (κ1) is 23.5. The van der Waals surface area contributed by atoms with E-state index in [-0.39, 0.29) is 12.3 Å². The summed E-state index contributed by atoms with van der Waals surface area (Å²) in [7, 11) is 1.31. The predicted octanol–water partition coefficient (Wildman–Crippen LogP) is 3.52. The van der Waals surface area contributed by atoms with E-state index in [9.17, 15) is 9.59 Å². The number of amides is 1. The van der Waals surface area contributed by atoms with Crippen LogP contribution in [0.25, 0.3) is 0 Å². The van der Waals surface area contributed by atoms with Crippen LogP contribution in [0.15, 0.2) is 51.6 Å². The standard InChI is InChI=1S/C24H29FN4O3S/c1-4-19-21(23(31)32-3)22(17-8-6-7-9-18(17)25)29-16(15-33-24(29)26-19)14-20(30)28-12-10-27(5-2)11-13-28/h6-9,15,22H,4-5,10-14H2,1-3H3/t22-/m1/s1. The molecule has 0 bridgehead atoms. The Kier molecular flexibility index (Phi) is 7.19. The molecular weight excluding hydrogens is 443 g/mol. The molecule has 1 saturated heterocycles. The fourth-order valence-corrected chi connectivity index (χ4v) is 5.42. The zero-order chi connectivity index (χ0) is 23.5. The van der Waals surface area contributed by atoms with Crippen molar-refractivity contribution in [3.8, 4) is 0 Å². The molecule has 0 saturated carbocycles. The Balaban J connectivity index is 1.67. The van der Waals surface area contributed by atoms with E-state index >= 15 is 4.39 Å². The SMILES string of the molecule is CCC1=C(C(=O)OC)[C@@H](c2ccccc2F)N2C(CC(=O)N3CCN(CC)CC3)=CSC2=N1. The fraction of sp³-hybridized carbons (Fsp3) is 0.458. The summed E-state index contributed by atoms with van der Waals surface area (Å²) < 4.78 is 20.1. The third-order valence-electron chi connectivity index (χ3n) is 6.33. The molecule has 33 heavy (non-hydrogen) atoms. The number of rotatable bonds is 6. The summed E-state index contributed by atoms with van der Waals surface area (Å²) in [4.78, 5) is 36.7. The van der Waals surface area contributed by atoms with Crippen LogP contribution < -0.4 is 0 Å². The van der Waals surface area contributed by atoms with E-state index in [0.717, 1.165) is 19.6 Å². The number of aliphatic imine (C=N–C) groups is 1. The minimum absolute atomic E-state index is 0.0241. The van der Waals surface area contributed by atoms with E-state index in [0.29, 0.717) is 47.2 Å². The summed E-state index contributed by atoms with van der Waals surface area (Å²) in [6.45, 7) is 8.11. The number of amidine groups is 1. The van der Waals surface area contributed by atoms with Crippen molar-refractivity contribution in [3.63, 3.8) is 0 Å². The minimum Gasteiger partial charge on any atom is -0.466 e. The number of likely N-dealkylation sites (N-methyl/N-ethyl adjacent to an activating group) is 1. The molecule has 3 aliphatic rings. The number of hydrogen-bond donors (Lipinski definition) is 0. The van der Waals surface area contributed by atoms with Gasteiger partial charge >= 0.3 is 5.97 Å². The predicted molar refractivity (Wildman–Crippen MR) is 127 cm³/mol. The quantitative estimate of drug-likeness (QED) is 0.591. The Morgan fingerprint density at radius 3 is 2.55 bits per heavy atom. The highest BCUT2D eigenvalue weighted by molar-refractivity contribution is 8.16. The van der Waals surface area contributed by atoms with Gasteiger partial charge in [0.2, 0.25) is 5.91 Å². The number of thioether (sulfide) groups is 1. The zero-order valence-corrected chi connectivity index (χ0v) is 20.0. The van der Waals surface area contributed by atoms with Crippen molar-refractivity contribution in [2.24, 2.45) is 4.99 Å². The number of methoxy groups -OCH3 is 1. The molecular formula is C24H29FN4O3S. The molecule has 1 aromatic rings. The molecule has 0 aromatic heterocycles. The van der Waals surface area contributed by atoms with Crippen LogP contribution in [0.1, 0.15) is 38.3 Å². The average molecular weight is 473 g/mol. The van der Waals surface area contributed by atoms with Crippen molar-refractivity contribution in [1.82, 2.24) is 14.7 Å². The molecule has 3 aliphatic heterocycles. The summed E-state index contributed by atoms with van der Waals surface area (Å²) in [6.07, 6.45) is 0.669. The smallest absolute Gasteiger partial charge is 0.338 e. The lowest BCUT2D eigenvalue weighted by Crippen LogP contribution is -2.49. The van der Waals surface area contributed by atoms with E-state index in [4.69, 9.17) is 4.74 Å². The molecule has 0 aliphatic carbocycles. The van der Waals surface area contributed by atoms with Crippen LogP contribution in [-0.4, -0.2) is 71.6 Å². The van der Waals surface area contributed by atoms with E-state index in [2.05, 4.69) is 16.8 Å². The van der Waals surface area contributed by atoms with Crippen molar-refractivity contribution in [1.29, 1.82) is 0 Å². The first-order valence-electron chi connectivity index (χ1n) is 11.3. The van der Waals surface area contributed by atoms with Crippen molar-refractivity contribution in [3.05, 3.63) is 58.0 Å². The van der Waals surface area contributed by atoms with Gasteiger partial charge in [0.25, 0.3) is 0 Å². The maximum absolute atomic E-state index is 15.0. The topological polar surface area (TPSA) is 65.5 Å². The molecule has 1 aromatic carbocycles. The van der Waals surface area contributed by atoms with Crippen LogP contribution in [0, 0.1) is 5.82 Å². The summed E-state index contributed by atoms with van der Waals surface area (Å²) in [5.41, 5.74) is 1.96. The molecule has 1 fully saturated rings. The van der Waals surface area contributed by atoms with Crippen molar-refractivity contribution in [2.75, 3.05) is 39.8 Å². The second kappa shape index (κ2) is 10.1. The molecule has 0 unspecified atom stereocenters.